The van der Waals surface area contributed by atoms with Crippen LogP contribution in [0.15, 0.2) is 66.7 Å². The highest BCUT2D eigenvalue weighted by Gasteiger charge is 2.24. The molecule has 0 bridgehead atoms. The Kier molecular flexibility index (Phi) is 7.05. The predicted octanol–water partition coefficient (Wildman–Crippen LogP) is 5.98. The first-order valence-corrected chi connectivity index (χ1v) is 11.8. The van der Waals surface area contributed by atoms with Crippen molar-refractivity contribution >= 4 is 29.0 Å². The molecular formula is C28H33N5O2. The number of nitrogens with zero attached hydrogens (tertiary/aromatic N) is 4. The lowest BCUT2D eigenvalue weighted by atomic mass is 10.0. The average molecular weight is 472 g/mol. The second-order valence-corrected chi connectivity index (χ2v) is 9.80. The zero-order chi connectivity index (χ0) is 25.0. The molecule has 1 amide bonds. The number of amides is 1. The van der Waals surface area contributed by atoms with E-state index in [1.165, 1.54) is 0 Å². The van der Waals surface area contributed by atoms with E-state index < -0.39 is 5.60 Å². The topological polar surface area (TPSA) is 70.6 Å². The van der Waals surface area contributed by atoms with Crippen LogP contribution in [0.4, 0.5) is 22.1 Å². The maximum atomic E-state index is 12.5. The van der Waals surface area contributed by atoms with E-state index in [0.29, 0.717) is 25.5 Å². The van der Waals surface area contributed by atoms with E-state index in [-0.39, 0.29) is 6.09 Å². The number of benzene rings is 2. The van der Waals surface area contributed by atoms with E-state index in [4.69, 9.17) is 14.7 Å². The fourth-order valence-electron chi connectivity index (χ4n) is 3.81. The van der Waals surface area contributed by atoms with Gasteiger partial charge in [-0.2, -0.15) is 0 Å². The summed E-state index contributed by atoms with van der Waals surface area (Å²) in [6.07, 6.45) is 2.46. The number of rotatable bonds is 5. The van der Waals surface area contributed by atoms with Crippen LogP contribution in [0.1, 0.15) is 32.9 Å². The molecule has 2 heterocycles. The summed E-state index contributed by atoms with van der Waals surface area (Å²) in [6, 6.07) is 20.2. The van der Waals surface area contributed by atoms with Crippen LogP contribution < -0.4 is 10.2 Å². The number of hydrogen-bond acceptors (Lipinski definition) is 6. The minimum atomic E-state index is -0.511. The molecule has 2 aromatic carbocycles. The molecule has 3 aromatic rings. The first-order valence-electron chi connectivity index (χ1n) is 11.8. The van der Waals surface area contributed by atoms with Crippen molar-refractivity contribution in [3.8, 4) is 11.3 Å². The fourth-order valence-corrected chi connectivity index (χ4v) is 3.81. The van der Waals surface area contributed by atoms with Gasteiger partial charge in [-0.15, -0.1) is 0 Å². The Morgan fingerprint density at radius 2 is 1.74 bits per heavy atom. The van der Waals surface area contributed by atoms with Gasteiger partial charge in [0.25, 0.3) is 0 Å². The summed E-state index contributed by atoms with van der Waals surface area (Å²) < 4.78 is 5.53. The van der Waals surface area contributed by atoms with E-state index >= 15 is 0 Å². The molecule has 0 aliphatic carbocycles. The number of carbonyl (C=O) groups is 1. The van der Waals surface area contributed by atoms with E-state index in [2.05, 4.69) is 28.4 Å². The number of hydrogen-bond donors (Lipinski definition) is 1. The largest absolute Gasteiger partial charge is 0.444 e. The van der Waals surface area contributed by atoms with Crippen molar-refractivity contribution in [2.24, 2.45) is 0 Å². The molecule has 7 heteroatoms. The lowest BCUT2D eigenvalue weighted by molar-refractivity contribution is 0.0270. The average Bonchev–Trinajstić information content (AvgIpc) is 2.83. The third kappa shape index (κ3) is 6.38. The summed E-state index contributed by atoms with van der Waals surface area (Å²) in [5.41, 5.74) is 5.31. The molecule has 0 spiro atoms. The molecule has 1 N–H and O–H groups in total. The van der Waals surface area contributed by atoms with Crippen molar-refractivity contribution in [3.63, 3.8) is 0 Å². The molecule has 0 atom stereocenters. The normalized spacial score (nSPS) is 13.7. The Bertz CT molecular complexity index is 1220. The highest BCUT2D eigenvalue weighted by atomic mass is 16.6. The van der Waals surface area contributed by atoms with Crippen molar-refractivity contribution in [2.45, 2.75) is 32.8 Å². The van der Waals surface area contributed by atoms with E-state index in [9.17, 15) is 4.79 Å². The van der Waals surface area contributed by atoms with Gasteiger partial charge in [-0.25, -0.2) is 14.8 Å². The Morgan fingerprint density at radius 1 is 1.00 bits per heavy atom. The van der Waals surface area contributed by atoms with Crippen molar-refractivity contribution in [3.05, 3.63) is 72.4 Å². The number of carbonyl (C=O) groups excluding carboxylic acids is 1. The maximum absolute atomic E-state index is 12.5. The van der Waals surface area contributed by atoms with Crippen LogP contribution in [0.25, 0.3) is 16.8 Å². The Labute approximate surface area is 207 Å². The van der Waals surface area contributed by atoms with Crippen molar-refractivity contribution < 1.29 is 9.53 Å². The molecule has 1 aromatic heterocycles. The SMILES string of the molecule is CN(C)c1cccc(Nc2nc(C3=CCN(C(=O)OC(C)(C)C)CC3)cc(-c3ccccc3)n2)c1. The minimum Gasteiger partial charge on any atom is -0.444 e. The number of ether oxygens (including phenoxy) is 1. The first-order chi connectivity index (χ1) is 16.7. The predicted molar refractivity (Wildman–Crippen MR) is 142 cm³/mol. The van der Waals surface area contributed by atoms with E-state index in [1.54, 1.807) is 4.90 Å². The Balaban J connectivity index is 1.63. The van der Waals surface area contributed by atoms with Gasteiger partial charge in [-0.05, 0) is 57.0 Å². The van der Waals surface area contributed by atoms with Gasteiger partial charge in [0.1, 0.15) is 5.60 Å². The van der Waals surface area contributed by atoms with Gasteiger partial charge in [0.05, 0.1) is 11.4 Å². The smallest absolute Gasteiger partial charge is 0.410 e. The van der Waals surface area contributed by atoms with Crippen molar-refractivity contribution in [1.82, 2.24) is 14.9 Å². The van der Waals surface area contributed by atoms with Crippen molar-refractivity contribution in [2.75, 3.05) is 37.4 Å². The lowest BCUT2D eigenvalue weighted by Gasteiger charge is -2.29. The monoisotopic (exact) mass is 471 g/mol. The summed E-state index contributed by atoms with van der Waals surface area (Å²) in [5, 5.41) is 3.38. The number of nitrogens with one attached hydrogen (secondary N) is 1. The molecule has 182 valence electrons. The van der Waals surface area contributed by atoms with Gasteiger partial charge >= 0.3 is 6.09 Å². The van der Waals surface area contributed by atoms with E-state index in [0.717, 1.165) is 33.9 Å². The quantitative estimate of drug-likeness (QED) is 0.494. The van der Waals surface area contributed by atoms with Crippen LogP contribution in [-0.4, -0.2) is 53.7 Å². The van der Waals surface area contributed by atoms with Gasteiger partial charge in [-0.1, -0.05) is 42.5 Å². The number of aromatic nitrogens is 2. The maximum Gasteiger partial charge on any atom is 0.410 e. The number of anilines is 3. The minimum absolute atomic E-state index is 0.288. The summed E-state index contributed by atoms with van der Waals surface area (Å²) in [6.45, 7) is 6.71. The molecule has 0 fully saturated rings. The summed E-state index contributed by atoms with van der Waals surface area (Å²) in [4.78, 5) is 25.9. The first kappa shape index (κ1) is 24.3. The van der Waals surface area contributed by atoms with Gasteiger partial charge in [0, 0.05) is 44.1 Å². The third-order valence-corrected chi connectivity index (χ3v) is 5.60. The molecule has 1 aliphatic heterocycles. The van der Waals surface area contributed by atoms with Gasteiger partial charge < -0.3 is 19.9 Å². The van der Waals surface area contributed by atoms with Crippen molar-refractivity contribution in [1.29, 1.82) is 0 Å². The van der Waals surface area contributed by atoms with Crippen LogP contribution in [0.3, 0.4) is 0 Å². The highest BCUT2D eigenvalue weighted by Crippen LogP contribution is 2.28. The second kappa shape index (κ2) is 10.2. The van der Waals surface area contributed by atoms with Crippen LogP contribution in [0.5, 0.6) is 0 Å². The molecule has 7 nitrogen and oxygen atoms in total. The van der Waals surface area contributed by atoms with Crippen LogP contribution in [0.2, 0.25) is 0 Å². The summed E-state index contributed by atoms with van der Waals surface area (Å²) in [5.74, 6) is 0.535. The van der Waals surface area contributed by atoms with Crippen LogP contribution in [0, 0.1) is 0 Å². The van der Waals surface area contributed by atoms with Gasteiger partial charge in [0.15, 0.2) is 0 Å². The molecule has 35 heavy (non-hydrogen) atoms. The van der Waals surface area contributed by atoms with Crippen LogP contribution >= 0.6 is 0 Å². The molecule has 0 saturated carbocycles. The molecule has 0 unspecified atom stereocenters. The molecule has 0 saturated heterocycles. The van der Waals surface area contributed by atoms with E-state index in [1.807, 2.05) is 83.4 Å². The third-order valence-electron chi connectivity index (χ3n) is 5.60. The highest BCUT2D eigenvalue weighted by molar-refractivity contribution is 5.74. The van der Waals surface area contributed by atoms with Gasteiger partial charge in [-0.3, -0.25) is 0 Å². The molecule has 0 radical (unpaired) electrons. The molecule has 1 aliphatic rings. The second-order valence-electron chi connectivity index (χ2n) is 9.80. The lowest BCUT2D eigenvalue weighted by Crippen LogP contribution is -2.39. The molecule has 4 rings (SSSR count). The Morgan fingerprint density at radius 3 is 2.40 bits per heavy atom. The zero-order valence-electron chi connectivity index (χ0n) is 21.1. The van der Waals surface area contributed by atoms with Crippen LogP contribution in [-0.2, 0) is 4.74 Å². The Hall–Kier alpha value is -3.87. The fraction of sp³-hybridized carbons (Fsp3) is 0.321. The standard InChI is InChI=1S/C28H33N5O2/c1-28(2,3)35-27(34)33-16-14-21(15-17-33)25-19-24(20-10-7-6-8-11-20)30-26(31-25)29-22-12-9-13-23(18-22)32(4)5/h6-14,18-19H,15-17H2,1-5H3,(H,29,30,31). The summed E-state index contributed by atoms with van der Waals surface area (Å²) in [7, 11) is 4.03. The summed E-state index contributed by atoms with van der Waals surface area (Å²) >= 11 is 0. The molecular weight excluding hydrogens is 438 g/mol. The zero-order valence-corrected chi connectivity index (χ0v) is 21.1. The van der Waals surface area contributed by atoms with Gasteiger partial charge in [0.2, 0.25) is 5.95 Å².